The molecular formula is C29H35N7O4. The second-order valence-corrected chi connectivity index (χ2v) is 10.5. The van der Waals surface area contributed by atoms with Crippen LogP contribution >= 0.6 is 0 Å². The summed E-state index contributed by atoms with van der Waals surface area (Å²) in [6.07, 6.45) is 2.16. The summed E-state index contributed by atoms with van der Waals surface area (Å²) in [4.78, 5) is 31.9. The van der Waals surface area contributed by atoms with E-state index in [4.69, 9.17) is 29.2 Å². The van der Waals surface area contributed by atoms with Crippen LogP contribution in [0.15, 0.2) is 48.5 Å². The van der Waals surface area contributed by atoms with Crippen LogP contribution in [0.4, 0.5) is 28.1 Å². The molecule has 3 atom stereocenters. The van der Waals surface area contributed by atoms with Gasteiger partial charge in [0.15, 0.2) is 5.82 Å². The first-order valence-corrected chi connectivity index (χ1v) is 13.8. The third-order valence-electron chi connectivity index (χ3n) is 7.63. The van der Waals surface area contributed by atoms with E-state index in [1.54, 1.807) is 7.11 Å². The highest BCUT2D eigenvalue weighted by molar-refractivity contribution is 5.99. The van der Waals surface area contributed by atoms with Crippen molar-refractivity contribution in [1.29, 1.82) is 0 Å². The third kappa shape index (κ3) is 5.72. The number of methoxy groups -OCH3 is 1. The molecule has 3 unspecified atom stereocenters. The van der Waals surface area contributed by atoms with E-state index in [-0.39, 0.29) is 24.2 Å². The van der Waals surface area contributed by atoms with Crippen LogP contribution in [0.2, 0.25) is 0 Å². The van der Waals surface area contributed by atoms with Crippen molar-refractivity contribution in [3.05, 3.63) is 54.1 Å². The van der Waals surface area contributed by atoms with E-state index in [1.807, 2.05) is 48.5 Å². The number of amides is 2. The van der Waals surface area contributed by atoms with Gasteiger partial charge in [-0.15, -0.1) is 0 Å². The number of nitrogens with one attached hydrogen (secondary N) is 2. The molecule has 11 heteroatoms. The predicted molar refractivity (Wildman–Crippen MR) is 153 cm³/mol. The summed E-state index contributed by atoms with van der Waals surface area (Å²) in [6.45, 7) is 6.05. The highest BCUT2D eigenvalue weighted by Gasteiger charge is 2.39. The van der Waals surface area contributed by atoms with Gasteiger partial charge < -0.3 is 34.6 Å². The van der Waals surface area contributed by atoms with E-state index in [9.17, 15) is 4.79 Å². The van der Waals surface area contributed by atoms with E-state index in [1.165, 1.54) is 0 Å². The Balaban J connectivity index is 1.21. The number of fused-ring (bicyclic) bond motifs is 2. The summed E-state index contributed by atoms with van der Waals surface area (Å²) in [5.41, 5.74) is 3.26. The monoisotopic (exact) mass is 545 g/mol. The van der Waals surface area contributed by atoms with Gasteiger partial charge in [-0.2, -0.15) is 15.0 Å². The van der Waals surface area contributed by atoms with Crippen molar-refractivity contribution in [2.45, 2.75) is 44.5 Å². The molecule has 11 nitrogen and oxygen atoms in total. The molecule has 3 aliphatic rings. The van der Waals surface area contributed by atoms with Gasteiger partial charge in [-0.3, -0.25) is 0 Å². The minimum atomic E-state index is -0.318. The Hall–Kier alpha value is -3.80. The molecule has 0 radical (unpaired) electrons. The predicted octanol–water partition coefficient (Wildman–Crippen LogP) is 3.92. The van der Waals surface area contributed by atoms with Crippen molar-refractivity contribution in [1.82, 2.24) is 15.0 Å². The minimum absolute atomic E-state index is 0.166. The number of hydrogen-bond donors (Lipinski definition) is 2. The number of aromatic nitrogens is 3. The Morgan fingerprint density at radius 1 is 0.900 bits per heavy atom. The molecule has 210 valence electrons. The van der Waals surface area contributed by atoms with E-state index >= 15 is 0 Å². The SMILES string of the molecule is COCc1ccc(NC(=O)Nc2ccc(-c3nc(N4CCOCC4C)nc(N4C5CCC4COC5)n3)cc2)cc1. The van der Waals surface area contributed by atoms with E-state index < -0.39 is 0 Å². The number of urea groups is 1. The van der Waals surface area contributed by atoms with Crippen LogP contribution in [0.3, 0.4) is 0 Å². The summed E-state index contributed by atoms with van der Waals surface area (Å²) in [5.74, 6) is 1.98. The number of benzene rings is 2. The highest BCUT2D eigenvalue weighted by atomic mass is 16.5. The van der Waals surface area contributed by atoms with Gasteiger partial charge >= 0.3 is 6.03 Å². The van der Waals surface area contributed by atoms with Gasteiger partial charge in [0.05, 0.1) is 51.2 Å². The molecule has 40 heavy (non-hydrogen) atoms. The molecule has 1 aromatic heterocycles. The molecule has 2 bridgehead atoms. The van der Waals surface area contributed by atoms with Crippen LogP contribution in [0.25, 0.3) is 11.4 Å². The normalized spacial score (nSPS) is 22.3. The van der Waals surface area contributed by atoms with Gasteiger partial charge in [0.2, 0.25) is 11.9 Å². The second-order valence-electron chi connectivity index (χ2n) is 10.5. The quantitative estimate of drug-likeness (QED) is 0.456. The fourth-order valence-corrected chi connectivity index (χ4v) is 5.55. The molecule has 2 N–H and O–H groups in total. The number of carbonyl (C=O) groups is 1. The van der Waals surface area contributed by atoms with Gasteiger partial charge in [-0.1, -0.05) is 12.1 Å². The Kier molecular flexibility index (Phi) is 7.76. The maximum atomic E-state index is 12.6. The van der Waals surface area contributed by atoms with E-state index in [0.29, 0.717) is 62.1 Å². The van der Waals surface area contributed by atoms with E-state index in [2.05, 4.69) is 27.4 Å². The maximum absolute atomic E-state index is 12.6. The number of anilines is 4. The Bertz CT molecular complexity index is 1300. The van der Waals surface area contributed by atoms with Gasteiger partial charge in [0.25, 0.3) is 0 Å². The number of morpholine rings is 2. The van der Waals surface area contributed by atoms with Crippen molar-refractivity contribution in [2.75, 3.05) is 60.5 Å². The first-order valence-electron chi connectivity index (χ1n) is 13.8. The van der Waals surface area contributed by atoms with Crippen LogP contribution in [-0.2, 0) is 20.8 Å². The topological polar surface area (TPSA) is 114 Å². The molecule has 2 amide bonds. The van der Waals surface area contributed by atoms with Crippen molar-refractivity contribution in [2.24, 2.45) is 0 Å². The molecule has 0 spiro atoms. The van der Waals surface area contributed by atoms with Crippen LogP contribution < -0.4 is 20.4 Å². The second kappa shape index (κ2) is 11.7. The summed E-state index contributed by atoms with van der Waals surface area (Å²) in [6, 6.07) is 15.5. The van der Waals surface area contributed by atoms with Crippen molar-refractivity contribution < 1.29 is 19.0 Å². The lowest BCUT2D eigenvalue weighted by molar-refractivity contribution is 0.0895. The fraction of sp³-hybridized carbons (Fsp3) is 0.448. The van der Waals surface area contributed by atoms with Crippen molar-refractivity contribution in [3.63, 3.8) is 0 Å². The molecule has 6 rings (SSSR count). The molecular weight excluding hydrogens is 510 g/mol. The lowest BCUT2D eigenvalue weighted by Gasteiger charge is -2.36. The number of rotatable bonds is 7. The molecule has 4 heterocycles. The standard InChI is InChI=1S/C29H35N7O4/c1-19-15-39-14-13-35(19)27-32-26(33-28(34-27)36-24-11-12-25(36)18-40-17-24)21-5-9-23(10-6-21)31-29(37)30-22-7-3-20(4-8-22)16-38-2/h3-10,19,24-25H,11-18H2,1-2H3,(H2,30,31,37). The van der Waals surface area contributed by atoms with Crippen LogP contribution in [0.1, 0.15) is 25.3 Å². The third-order valence-corrected chi connectivity index (χ3v) is 7.63. The van der Waals surface area contributed by atoms with Gasteiger partial charge in [-0.05, 0) is 61.7 Å². The molecule has 3 aromatic rings. The van der Waals surface area contributed by atoms with Crippen LogP contribution in [0, 0.1) is 0 Å². The molecule has 3 saturated heterocycles. The average Bonchev–Trinajstić information content (AvgIpc) is 3.22. The Labute approximate surface area is 233 Å². The van der Waals surface area contributed by atoms with Crippen LogP contribution in [-0.4, -0.2) is 79.2 Å². The Morgan fingerprint density at radius 2 is 1.55 bits per heavy atom. The maximum Gasteiger partial charge on any atom is 0.323 e. The lowest BCUT2D eigenvalue weighted by atomic mass is 10.2. The molecule has 0 saturated carbocycles. The number of carbonyl (C=O) groups excluding carboxylic acids is 1. The average molecular weight is 546 g/mol. The van der Waals surface area contributed by atoms with Crippen molar-refractivity contribution >= 4 is 29.3 Å². The van der Waals surface area contributed by atoms with E-state index in [0.717, 1.165) is 30.5 Å². The molecule has 0 aliphatic carbocycles. The molecule has 3 aliphatic heterocycles. The zero-order valence-electron chi connectivity index (χ0n) is 22.9. The van der Waals surface area contributed by atoms with Crippen molar-refractivity contribution in [3.8, 4) is 11.4 Å². The smallest absolute Gasteiger partial charge is 0.323 e. The molecule has 3 fully saturated rings. The first-order chi connectivity index (χ1) is 19.6. The van der Waals surface area contributed by atoms with Crippen LogP contribution in [0.5, 0.6) is 0 Å². The summed E-state index contributed by atoms with van der Waals surface area (Å²) in [7, 11) is 1.65. The van der Waals surface area contributed by atoms with Gasteiger partial charge in [0, 0.05) is 30.6 Å². The summed E-state index contributed by atoms with van der Waals surface area (Å²) < 4.78 is 16.6. The number of ether oxygens (including phenoxy) is 3. The largest absolute Gasteiger partial charge is 0.380 e. The number of hydrogen-bond acceptors (Lipinski definition) is 9. The minimum Gasteiger partial charge on any atom is -0.380 e. The molecule has 2 aromatic carbocycles. The highest BCUT2D eigenvalue weighted by Crippen LogP contribution is 2.34. The Morgan fingerprint density at radius 3 is 2.20 bits per heavy atom. The zero-order chi connectivity index (χ0) is 27.5. The fourth-order valence-electron chi connectivity index (χ4n) is 5.55. The summed E-state index contributed by atoms with van der Waals surface area (Å²) in [5, 5.41) is 5.75. The number of nitrogens with zero attached hydrogens (tertiary/aromatic N) is 5. The van der Waals surface area contributed by atoms with Gasteiger partial charge in [0.1, 0.15) is 0 Å². The first kappa shape index (κ1) is 26.4. The summed E-state index contributed by atoms with van der Waals surface area (Å²) >= 11 is 0. The van der Waals surface area contributed by atoms with Gasteiger partial charge in [-0.25, -0.2) is 4.79 Å². The lowest BCUT2D eigenvalue weighted by Crippen LogP contribution is -2.48. The zero-order valence-corrected chi connectivity index (χ0v) is 22.9.